The molecule has 110 valence electrons. The van der Waals surface area contributed by atoms with Crippen molar-refractivity contribution < 1.29 is 9.53 Å². The van der Waals surface area contributed by atoms with Crippen LogP contribution in [0.25, 0.3) is 0 Å². The first kappa shape index (κ1) is 15.3. The summed E-state index contributed by atoms with van der Waals surface area (Å²) in [7, 11) is 0. The highest BCUT2D eigenvalue weighted by Crippen LogP contribution is 2.20. The van der Waals surface area contributed by atoms with Crippen LogP contribution >= 0.6 is 15.9 Å². The van der Waals surface area contributed by atoms with Crippen LogP contribution in [0.4, 0.5) is 0 Å². The molecule has 0 N–H and O–H groups in total. The van der Waals surface area contributed by atoms with E-state index in [1.165, 1.54) is 0 Å². The van der Waals surface area contributed by atoms with Crippen molar-refractivity contribution in [1.82, 2.24) is 9.88 Å². The summed E-state index contributed by atoms with van der Waals surface area (Å²) in [6, 6.07) is 3.75. The fourth-order valence-electron chi connectivity index (χ4n) is 2.23. The number of nitrogens with zero attached hydrogens (tertiary/aromatic N) is 2. The molecule has 20 heavy (non-hydrogen) atoms. The van der Waals surface area contributed by atoms with Crippen LogP contribution < -0.4 is 4.74 Å². The molecule has 1 aromatic heterocycles. The van der Waals surface area contributed by atoms with E-state index in [1.54, 1.807) is 6.20 Å². The van der Waals surface area contributed by atoms with Gasteiger partial charge < -0.3 is 9.64 Å². The first-order valence-corrected chi connectivity index (χ1v) is 7.93. The SMILES string of the molecule is CCC(C)CC(=O)N1CCC(Oc2ccc(Br)cn2)C1. The van der Waals surface area contributed by atoms with Gasteiger partial charge in [0.1, 0.15) is 6.10 Å². The fourth-order valence-corrected chi connectivity index (χ4v) is 2.46. The number of carbonyl (C=O) groups is 1. The van der Waals surface area contributed by atoms with Crippen LogP contribution in [0.15, 0.2) is 22.8 Å². The van der Waals surface area contributed by atoms with Gasteiger partial charge in [-0.2, -0.15) is 0 Å². The second-order valence-electron chi connectivity index (χ2n) is 5.40. The summed E-state index contributed by atoms with van der Waals surface area (Å²) in [5, 5.41) is 0. The summed E-state index contributed by atoms with van der Waals surface area (Å²) in [6.45, 7) is 5.70. The summed E-state index contributed by atoms with van der Waals surface area (Å²) in [5.41, 5.74) is 0. The molecule has 1 aromatic rings. The van der Waals surface area contributed by atoms with Gasteiger partial charge in [-0.3, -0.25) is 4.79 Å². The standard InChI is InChI=1S/C15H21BrN2O2/c1-3-11(2)8-15(19)18-7-6-13(10-18)20-14-5-4-12(16)9-17-14/h4-5,9,11,13H,3,6-8,10H2,1-2H3. The zero-order valence-electron chi connectivity index (χ0n) is 12.0. The second-order valence-corrected chi connectivity index (χ2v) is 6.32. The molecule has 2 rings (SSSR count). The Morgan fingerprint density at radius 2 is 2.40 bits per heavy atom. The van der Waals surface area contributed by atoms with Gasteiger partial charge in [0.2, 0.25) is 11.8 Å². The highest BCUT2D eigenvalue weighted by atomic mass is 79.9. The lowest BCUT2D eigenvalue weighted by Gasteiger charge is -2.18. The van der Waals surface area contributed by atoms with E-state index in [0.717, 1.165) is 23.9 Å². The molecule has 1 fully saturated rings. The molecular weight excluding hydrogens is 320 g/mol. The minimum absolute atomic E-state index is 0.0598. The van der Waals surface area contributed by atoms with Crippen LogP contribution in [-0.2, 0) is 4.79 Å². The Hall–Kier alpha value is -1.10. The molecular formula is C15H21BrN2O2. The van der Waals surface area contributed by atoms with E-state index in [4.69, 9.17) is 4.74 Å². The quantitative estimate of drug-likeness (QED) is 0.826. The number of amides is 1. The number of ether oxygens (including phenoxy) is 1. The highest BCUT2D eigenvalue weighted by molar-refractivity contribution is 9.10. The van der Waals surface area contributed by atoms with Crippen molar-refractivity contribution in [2.24, 2.45) is 5.92 Å². The number of likely N-dealkylation sites (tertiary alicyclic amines) is 1. The minimum Gasteiger partial charge on any atom is -0.472 e. The van der Waals surface area contributed by atoms with Crippen molar-refractivity contribution in [1.29, 1.82) is 0 Å². The van der Waals surface area contributed by atoms with E-state index in [-0.39, 0.29) is 12.0 Å². The number of halogens is 1. The summed E-state index contributed by atoms with van der Waals surface area (Å²) in [6.07, 6.45) is 4.34. The minimum atomic E-state index is 0.0598. The van der Waals surface area contributed by atoms with E-state index in [9.17, 15) is 4.79 Å². The van der Waals surface area contributed by atoms with Crippen LogP contribution in [0.3, 0.4) is 0 Å². The van der Waals surface area contributed by atoms with Gasteiger partial charge in [0, 0.05) is 36.1 Å². The van der Waals surface area contributed by atoms with Crippen LogP contribution in [0.1, 0.15) is 33.1 Å². The molecule has 2 heterocycles. The van der Waals surface area contributed by atoms with Crippen LogP contribution in [0.2, 0.25) is 0 Å². The molecule has 2 atom stereocenters. The lowest BCUT2D eigenvalue weighted by Crippen LogP contribution is -2.31. The summed E-state index contributed by atoms with van der Waals surface area (Å²) < 4.78 is 6.75. The molecule has 0 saturated carbocycles. The van der Waals surface area contributed by atoms with E-state index in [2.05, 4.69) is 34.8 Å². The van der Waals surface area contributed by atoms with E-state index < -0.39 is 0 Å². The van der Waals surface area contributed by atoms with Crippen molar-refractivity contribution >= 4 is 21.8 Å². The molecule has 0 radical (unpaired) electrons. The van der Waals surface area contributed by atoms with Crippen molar-refractivity contribution in [2.45, 2.75) is 39.2 Å². The van der Waals surface area contributed by atoms with Gasteiger partial charge in [-0.1, -0.05) is 20.3 Å². The Bertz CT molecular complexity index is 450. The van der Waals surface area contributed by atoms with Crippen molar-refractivity contribution in [2.75, 3.05) is 13.1 Å². The predicted molar refractivity (Wildman–Crippen MR) is 81.6 cm³/mol. The zero-order chi connectivity index (χ0) is 14.5. The summed E-state index contributed by atoms with van der Waals surface area (Å²) in [5.74, 6) is 1.32. The van der Waals surface area contributed by atoms with Gasteiger partial charge in [0.05, 0.1) is 6.54 Å². The number of carbonyl (C=O) groups excluding carboxylic acids is 1. The fraction of sp³-hybridized carbons (Fsp3) is 0.600. The highest BCUT2D eigenvalue weighted by Gasteiger charge is 2.28. The Morgan fingerprint density at radius 1 is 1.60 bits per heavy atom. The lowest BCUT2D eigenvalue weighted by molar-refractivity contribution is -0.131. The number of pyridine rings is 1. The number of aromatic nitrogens is 1. The Kier molecular flexibility index (Phi) is 5.40. The van der Waals surface area contributed by atoms with Crippen molar-refractivity contribution in [3.63, 3.8) is 0 Å². The van der Waals surface area contributed by atoms with Gasteiger partial charge >= 0.3 is 0 Å². The third-order valence-electron chi connectivity index (χ3n) is 3.71. The van der Waals surface area contributed by atoms with E-state index in [1.807, 2.05) is 17.0 Å². The average Bonchev–Trinajstić information content (AvgIpc) is 2.90. The molecule has 0 bridgehead atoms. The van der Waals surface area contributed by atoms with Gasteiger partial charge in [-0.05, 0) is 27.9 Å². The third kappa shape index (κ3) is 4.20. The smallest absolute Gasteiger partial charge is 0.222 e. The second kappa shape index (κ2) is 7.07. The average molecular weight is 341 g/mol. The molecule has 1 saturated heterocycles. The maximum atomic E-state index is 12.1. The van der Waals surface area contributed by atoms with Crippen LogP contribution in [-0.4, -0.2) is 35.0 Å². The molecule has 0 aromatic carbocycles. The zero-order valence-corrected chi connectivity index (χ0v) is 13.6. The first-order chi connectivity index (χ1) is 9.58. The van der Waals surface area contributed by atoms with Crippen LogP contribution in [0, 0.1) is 5.92 Å². The number of hydrogen-bond donors (Lipinski definition) is 0. The van der Waals surface area contributed by atoms with Gasteiger partial charge in [0.15, 0.2) is 0 Å². The maximum absolute atomic E-state index is 12.1. The third-order valence-corrected chi connectivity index (χ3v) is 4.17. The number of hydrogen-bond acceptors (Lipinski definition) is 3. The van der Waals surface area contributed by atoms with Crippen LogP contribution in [0.5, 0.6) is 5.88 Å². The molecule has 5 heteroatoms. The Balaban J connectivity index is 1.83. The molecule has 0 aliphatic carbocycles. The molecule has 2 unspecified atom stereocenters. The molecule has 1 amide bonds. The maximum Gasteiger partial charge on any atom is 0.222 e. The van der Waals surface area contributed by atoms with Crippen molar-refractivity contribution in [3.05, 3.63) is 22.8 Å². The molecule has 1 aliphatic heterocycles. The summed E-state index contributed by atoms with van der Waals surface area (Å²) >= 11 is 3.35. The van der Waals surface area contributed by atoms with Gasteiger partial charge in [0.25, 0.3) is 0 Å². The van der Waals surface area contributed by atoms with Gasteiger partial charge in [-0.15, -0.1) is 0 Å². The molecule has 4 nitrogen and oxygen atoms in total. The summed E-state index contributed by atoms with van der Waals surface area (Å²) in [4.78, 5) is 18.2. The Morgan fingerprint density at radius 3 is 3.05 bits per heavy atom. The van der Waals surface area contributed by atoms with E-state index >= 15 is 0 Å². The Labute approximate surface area is 128 Å². The number of rotatable bonds is 5. The molecule has 0 spiro atoms. The largest absolute Gasteiger partial charge is 0.472 e. The predicted octanol–water partition coefficient (Wildman–Crippen LogP) is 3.26. The molecule has 1 aliphatic rings. The van der Waals surface area contributed by atoms with Gasteiger partial charge in [-0.25, -0.2) is 4.98 Å². The topological polar surface area (TPSA) is 42.4 Å². The lowest BCUT2D eigenvalue weighted by atomic mass is 10.0. The first-order valence-electron chi connectivity index (χ1n) is 7.14. The van der Waals surface area contributed by atoms with Crippen molar-refractivity contribution in [3.8, 4) is 5.88 Å². The normalized spacial score (nSPS) is 19.9. The monoisotopic (exact) mass is 340 g/mol. The van der Waals surface area contributed by atoms with E-state index in [0.29, 0.717) is 24.8 Å².